The molecule has 5 nitrogen and oxygen atoms in total. The predicted molar refractivity (Wildman–Crippen MR) is 64.1 cm³/mol. The van der Waals surface area contributed by atoms with E-state index in [-0.39, 0.29) is 5.69 Å². The van der Waals surface area contributed by atoms with Crippen molar-refractivity contribution < 1.29 is 9.90 Å². The van der Waals surface area contributed by atoms with E-state index >= 15 is 0 Å². The molecule has 0 aliphatic carbocycles. The Morgan fingerprint density at radius 2 is 2.41 bits per heavy atom. The number of likely N-dealkylation sites (N-methyl/N-ethyl adjacent to an activating group) is 1. The molecule has 1 aromatic heterocycles. The average molecular weight is 237 g/mol. The van der Waals surface area contributed by atoms with Crippen LogP contribution in [-0.4, -0.2) is 44.9 Å². The maximum Gasteiger partial charge on any atom is 0.354 e. The van der Waals surface area contributed by atoms with Gasteiger partial charge in [-0.1, -0.05) is 6.92 Å². The number of aryl methyl sites for hydroxylation is 1. The van der Waals surface area contributed by atoms with Gasteiger partial charge < -0.3 is 10.0 Å². The molecular formula is C12H19N3O2. The van der Waals surface area contributed by atoms with Gasteiger partial charge in [0.1, 0.15) is 5.69 Å². The van der Waals surface area contributed by atoms with E-state index in [9.17, 15) is 4.79 Å². The smallest absolute Gasteiger partial charge is 0.354 e. The standard InChI is InChI=1S/C12H19N3O2/c1-3-15-6-4-5-10(15)7-9-8-11(12(16)17)14(2)13-9/h8,10H,3-7H2,1-2H3,(H,16,17). The van der Waals surface area contributed by atoms with Crippen LogP contribution in [0.5, 0.6) is 0 Å². The minimum atomic E-state index is -0.912. The van der Waals surface area contributed by atoms with Gasteiger partial charge in [0.25, 0.3) is 0 Å². The van der Waals surface area contributed by atoms with Gasteiger partial charge in [-0.05, 0) is 32.0 Å². The third-order valence-electron chi connectivity index (χ3n) is 3.50. The van der Waals surface area contributed by atoms with Gasteiger partial charge in [-0.25, -0.2) is 4.79 Å². The SMILES string of the molecule is CCN1CCCC1Cc1cc(C(=O)O)n(C)n1. The van der Waals surface area contributed by atoms with Crippen LogP contribution in [0.15, 0.2) is 6.07 Å². The number of aromatic nitrogens is 2. The fraction of sp³-hybridized carbons (Fsp3) is 0.667. The summed E-state index contributed by atoms with van der Waals surface area (Å²) in [6.07, 6.45) is 3.28. The highest BCUT2D eigenvalue weighted by molar-refractivity contribution is 5.85. The van der Waals surface area contributed by atoms with Gasteiger partial charge in [-0.3, -0.25) is 4.68 Å². The number of hydrogen-bond donors (Lipinski definition) is 1. The predicted octanol–water partition coefficient (Wildman–Crippen LogP) is 1.15. The van der Waals surface area contributed by atoms with Crippen LogP contribution in [0, 0.1) is 0 Å². The first-order chi connectivity index (χ1) is 8.11. The van der Waals surface area contributed by atoms with Crippen molar-refractivity contribution in [3.05, 3.63) is 17.5 Å². The highest BCUT2D eigenvalue weighted by Crippen LogP contribution is 2.20. The Bertz CT molecular complexity index is 414. The molecule has 94 valence electrons. The molecule has 0 spiro atoms. The lowest BCUT2D eigenvalue weighted by Gasteiger charge is -2.21. The van der Waals surface area contributed by atoms with Crippen molar-refractivity contribution in [1.29, 1.82) is 0 Å². The zero-order valence-electron chi connectivity index (χ0n) is 10.4. The first kappa shape index (κ1) is 12.1. The van der Waals surface area contributed by atoms with Crippen LogP contribution in [0.1, 0.15) is 35.9 Å². The lowest BCUT2D eigenvalue weighted by atomic mass is 10.1. The van der Waals surface area contributed by atoms with E-state index in [1.807, 2.05) is 0 Å². The molecule has 1 N–H and O–H groups in total. The quantitative estimate of drug-likeness (QED) is 0.853. The van der Waals surface area contributed by atoms with Crippen molar-refractivity contribution >= 4 is 5.97 Å². The molecule has 0 saturated carbocycles. The van der Waals surface area contributed by atoms with Crippen molar-refractivity contribution in [1.82, 2.24) is 14.7 Å². The van der Waals surface area contributed by atoms with Gasteiger partial charge in [0.05, 0.1) is 5.69 Å². The lowest BCUT2D eigenvalue weighted by Crippen LogP contribution is -2.30. The largest absolute Gasteiger partial charge is 0.477 e. The normalized spacial score (nSPS) is 20.9. The fourth-order valence-electron chi connectivity index (χ4n) is 2.61. The number of likely N-dealkylation sites (tertiary alicyclic amines) is 1. The van der Waals surface area contributed by atoms with Gasteiger partial charge in [0, 0.05) is 19.5 Å². The van der Waals surface area contributed by atoms with Crippen LogP contribution in [0.4, 0.5) is 0 Å². The molecule has 2 rings (SSSR count). The molecule has 0 radical (unpaired) electrons. The Labute approximate surface area is 101 Å². The summed E-state index contributed by atoms with van der Waals surface area (Å²) in [5.41, 5.74) is 1.15. The van der Waals surface area contributed by atoms with Crippen LogP contribution in [0.3, 0.4) is 0 Å². The fourth-order valence-corrected chi connectivity index (χ4v) is 2.61. The lowest BCUT2D eigenvalue weighted by molar-refractivity contribution is 0.0685. The molecule has 1 fully saturated rings. The minimum absolute atomic E-state index is 0.265. The summed E-state index contributed by atoms with van der Waals surface area (Å²) in [7, 11) is 1.68. The molecule has 17 heavy (non-hydrogen) atoms. The van der Waals surface area contributed by atoms with E-state index in [0.717, 1.165) is 25.2 Å². The second kappa shape index (κ2) is 4.87. The van der Waals surface area contributed by atoms with E-state index in [1.54, 1.807) is 13.1 Å². The Morgan fingerprint density at radius 3 is 3.00 bits per heavy atom. The van der Waals surface area contributed by atoms with Crippen LogP contribution < -0.4 is 0 Å². The summed E-state index contributed by atoms with van der Waals surface area (Å²) in [4.78, 5) is 13.4. The number of hydrogen-bond acceptors (Lipinski definition) is 3. The van der Waals surface area contributed by atoms with Crippen molar-refractivity contribution in [3.63, 3.8) is 0 Å². The summed E-state index contributed by atoms with van der Waals surface area (Å²) in [6, 6.07) is 2.21. The van der Waals surface area contributed by atoms with E-state index in [1.165, 1.54) is 17.5 Å². The first-order valence-electron chi connectivity index (χ1n) is 6.12. The molecule has 0 amide bonds. The molecular weight excluding hydrogens is 218 g/mol. The molecule has 1 aliphatic heterocycles. The molecule has 1 aliphatic rings. The summed E-state index contributed by atoms with van der Waals surface area (Å²) in [5, 5.41) is 13.2. The summed E-state index contributed by atoms with van der Waals surface area (Å²) < 4.78 is 1.45. The number of carbonyl (C=O) groups is 1. The molecule has 1 atom stereocenters. The summed E-state index contributed by atoms with van der Waals surface area (Å²) >= 11 is 0. The average Bonchev–Trinajstić information content (AvgIpc) is 2.85. The number of aromatic carboxylic acids is 1. The maximum atomic E-state index is 10.9. The maximum absolute atomic E-state index is 10.9. The third kappa shape index (κ3) is 2.49. The molecule has 1 unspecified atom stereocenters. The minimum Gasteiger partial charge on any atom is -0.477 e. The second-order valence-electron chi connectivity index (χ2n) is 4.58. The van der Waals surface area contributed by atoms with Crippen molar-refractivity contribution in [2.45, 2.75) is 32.2 Å². The summed E-state index contributed by atoms with van der Waals surface area (Å²) in [5.74, 6) is -0.912. The van der Waals surface area contributed by atoms with Gasteiger partial charge >= 0.3 is 5.97 Å². The summed E-state index contributed by atoms with van der Waals surface area (Å²) in [6.45, 7) is 4.38. The van der Waals surface area contributed by atoms with E-state index in [0.29, 0.717) is 6.04 Å². The van der Waals surface area contributed by atoms with Gasteiger partial charge in [-0.2, -0.15) is 5.10 Å². The van der Waals surface area contributed by atoms with Crippen LogP contribution in [0.25, 0.3) is 0 Å². The zero-order chi connectivity index (χ0) is 12.4. The Morgan fingerprint density at radius 1 is 1.65 bits per heavy atom. The first-order valence-corrected chi connectivity index (χ1v) is 6.12. The van der Waals surface area contributed by atoms with Crippen LogP contribution in [-0.2, 0) is 13.5 Å². The van der Waals surface area contributed by atoms with Crippen molar-refractivity contribution in [2.75, 3.05) is 13.1 Å². The molecule has 0 aromatic carbocycles. The number of rotatable bonds is 4. The van der Waals surface area contributed by atoms with E-state index in [2.05, 4.69) is 16.9 Å². The molecule has 5 heteroatoms. The Balaban J connectivity index is 2.08. The van der Waals surface area contributed by atoms with Crippen molar-refractivity contribution in [3.8, 4) is 0 Å². The van der Waals surface area contributed by atoms with Crippen LogP contribution >= 0.6 is 0 Å². The van der Waals surface area contributed by atoms with Crippen LogP contribution in [0.2, 0.25) is 0 Å². The third-order valence-corrected chi connectivity index (χ3v) is 3.50. The number of carboxylic acid groups (broad SMARTS) is 1. The Hall–Kier alpha value is -1.36. The topological polar surface area (TPSA) is 58.4 Å². The Kier molecular flexibility index (Phi) is 3.47. The number of nitrogens with zero attached hydrogens (tertiary/aromatic N) is 3. The monoisotopic (exact) mass is 237 g/mol. The molecule has 0 bridgehead atoms. The van der Waals surface area contributed by atoms with E-state index in [4.69, 9.17) is 5.11 Å². The zero-order valence-corrected chi connectivity index (χ0v) is 10.4. The molecule has 1 aromatic rings. The highest BCUT2D eigenvalue weighted by atomic mass is 16.4. The molecule has 2 heterocycles. The van der Waals surface area contributed by atoms with Gasteiger partial charge in [0.15, 0.2) is 0 Å². The highest BCUT2D eigenvalue weighted by Gasteiger charge is 2.24. The van der Waals surface area contributed by atoms with Gasteiger partial charge in [-0.15, -0.1) is 0 Å². The van der Waals surface area contributed by atoms with Crippen molar-refractivity contribution in [2.24, 2.45) is 7.05 Å². The van der Waals surface area contributed by atoms with Gasteiger partial charge in [0.2, 0.25) is 0 Å². The number of carboxylic acids is 1. The molecule has 1 saturated heterocycles. The van der Waals surface area contributed by atoms with E-state index < -0.39 is 5.97 Å². The second-order valence-corrected chi connectivity index (χ2v) is 4.58.